The van der Waals surface area contributed by atoms with Crippen LogP contribution in [0.2, 0.25) is 0 Å². The smallest absolute Gasteiger partial charge is 0.268 e. The average molecular weight is 227 g/mol. The highest BCUT2D eigenvalue weighted by Crippen LogP contribution is 2.30. The first kappa shape index (κ1) is 10.5. The van der Waals surface area contributed by atoms with E-state index in [0.29, 0.717) is 4.21 Å². The highest BCUT2D eigenvalue weighted by atomic mass is 32.2. The van der Waals surface area contributed by atoms with Gasteiger partial charge in [0.1, 0.15) is 21.0 Å². The summed E-state index contributed by atoms with van der Waals surface area (Å²) in [5.74, 6) is -0.893. The summed E-state index contributed by atoms with van der Waals surface area (Å²) in [7, 11) is 0. The van der Waals surface area contributed by atoms with E-state index in [0.717, 1.165) is 23.1 Å². The van der Waals surface area contributed by atoms with Crippen LogP contribution >= 0.6 is 23.1 Å². The Bertz CT molecular complexity index is 432. The quantitative estimate of drug-likeness (QED) is 0.384. The van der Waals surface area contributed by atoms with Gasteiger partial charge in [-0.05, 0) is 0 Å². The van der Waals surface area contributed by atoms with Gasteiger partial charge in [0.2, 0.25) is 0 Å². The summed E-state index contributed by atoms with van der Waals surface area (Å²) in [4.78, 5) is 14.4. The fourth-order valence-electron chi connectivity index (χ4n) is 0.707. The SMILES string of the molecule is N#CSc1sc(N)nc1C(=N)C(N)=O. The number of rotatable bonds is 3. The van der Waals surface area contributed by atoms with E-state index in [1.165, 1.54) is 0 Å². The van der Waals surface area contributed by atoms with E-state index in [-0.39, 0.29) is 10.8 Å². The van der Waals surface area contributed by atoms with Gasteiger partial charge >= 0.3 is 0 Å². The van der Waals surface area contributed by atoms with Gasteiger partial charge in [0.15, 0.2) is 5.13 Å². The molecule has 1 heterocycles. The molecular formula is C6H5N5OS2. The second kappa shape index (κ2) is 4.08. The molecule has 0 aliphatic carbocycles. The van der Waals surface area contributed by atoms with Crippen LogP contribution in [0.1, 0.15) is 5.69 Å². The molecule has 0 fully saturated rings. The Morgan fingerprint density at radius 1 is 1.71 bits per heavy atom. The van der Waals surface area contributed by atoms with Crippen LogP contribution in [0, 0.1) is 16.1 Å². The fraction of sp³-hybridized carbons (Fsp3) is 0. The number of aromatic nitrogens is 1. The number of anilines is 1. The number of hydrogen-bond acceptors (Lipinski definition) is 7. The van der Waals surface area contributed by atoms with Crippen LogP contribution in [-0.2, 0) is 4.79 Å². The number of nitriles is 1. The van der Waals surface area contributed by atoms with Gasteiger partial charge < -0.3 is 11.5 Å². The first-order valence-electron chi connectivity index (χ1n) is 3.27. The maximum Gasteiger partial charge on any atom is 0.268 e. The third-order valence-electron chi connectivity index (χ3n) is 1.23. The van der Waals surface area contributed by atoms with Crippen molar-refractivity contribution in [1.29, 1.82) is 10.7 Å². The van der Waals surface area contributed by atoms with Crippen molar-refractivity contribution in [3.8, 4) is 5.40 Å². The molecule has 0 aromatic carbocycles. The Balaban J connectivity index is 3.14. The molecule has 0 saturated heterocycles. The van der Waals surface area contributed by atoms with Gasteiger partial charge in [-0.15, -0.1) is 0 Å². The molecule has 1 amide bonds. The Morgan fingerprint density at radius 3 is 2.86 bits per heavy atom. The Morgan fingerprint density at radius 2 is 2.36 bits per heavy atom. The van der Waals surface area contributed by atoms with Gasteiger partial charge in [0.05, 0.1) is 0 Å². The second-order valence-electron chi connectivity index (χ2n) is 2.12. The molecule has 0 aliphatic rings. The summed E-state index contributed by atoms with van der Waals surface area (Å²) >= 11 is 1.84. The van der Waals surface area contributed by atoms with Crippen molar-refractivity contribution in [3.63, 3.8) is 0 Å². The summed E-state index contributed by atoms with van der Waals surface area (Å²) in [5.41, 5.74) is 9.93. The van der Waals surface area contributed by atoms with E-state index in [1.54, 1.807) is 0 Å². The molecule has 0 aliphatic heterocycles. The number of carbonyl (C=O) groups is 1. The van der Waals surface area contributed by atoms with Crippen LogP contribution in [-0.4, -0.2) is 16.6 Å². The van der Waals surface area contributed by atoms with E-state index in [1.807, 2.05) is 5.40 Å². The molecule has 1 aromatic heterocycles. The van der Waals surface area contributed by atoms with Gasteiger partial charge in [0.25, 0.3) is 5.91 Å². The molecule has 72 valence electrons. The van der Waals surface area contributed by atoms with Gasteiger partial charge in [-0.3, -0.25) is 10.2 Å². The molecule has 0 spiro atoms. The number of hydrogen-bond donors (Lipinski definition) is 3. The number of thioether (sulfide) groups is 1. The molecule has 0 saturated carbocycles. The lowest BCUT2D eigenvalue weighted by atomic mass is 10.3. The van der Waals surface area contributed by atoms with Crippen LogP contribution in [0.3, 0.4) is 0 Å². The van der Waals surface area contributed by atoms with E-state index in [2.05, 4.69) is 4.98 Å². The number of nitrogen functional groups attached to an aromatic ring is 1. The van der Waals surface area contributed by atoms with E-state index < -0.39 is 11.6 Å². The third kappa shape index (κ3) is 2.01. The number of thiazole rings is 1. The maximum atomic E-state index is 10.7. The number of carbonyl (C=O) groups excluding carboxylic acids is 1. The molecule has 0 atom stereocenters. The summed E-state index contributed by atoms with van der Waals surface area (Å²) in [5, 5.41) is 17.8. The number of primary amides is 1. The average Bonchev–Trinajstić information content (AvgIpc) is 2.46. The first-order valence-corrected chi connectivity index (χ1v) is 4.90. The number of nitrogens with two attached hydrogens (primary N) is 2. The van der Waals surface area contributed by atoms with Crippen molar-refractivity contribution in [1.82, 2.24) is 4.98 Å². The summed E-state index contributed by atoms with van der Waals surface area (Å²) in [6.45, 7) is 0. The fourth-order valence-corrected chi connectivity index (χ4v) is 2.14. The Labute approximate surface area is 87.4 Å². The molecule has 0 radical (unpaired) electrons. The second-order valence-corrected chi connectivity index (χ2v) is 4.20. The van der Waals surface area contributed by atoms with E-state index in [4.69, 9.17) is 22.1 Å². The van der Waals surface area contributed by atoms with Crippen LogP contribution < -0.4 is 11.5 Å². The largest absolute Gasteiger partial charge is 0.375 e. The maximum absolute atomic E-state index is 10.7. The number of nitrogens with one attached hydrogen (secondary N) is 1. The minimum atomic E-state index is -0.893. The van der Waals surface area contributed by atoms with Crippen molar-refractivity contribution in [2.75, 3.05) is 5.73 Å². The van der Waals surface area contributed by atoms with Crippen LogP contribution in [0.4, 0.5) is 5.13 Å². The Hall–Kier alpha value is -1.59. The lowest BCUT2D eigenvalue weighted by Crippen LogP contribution is -2.23. The predicted octanol–water partition coefficient (Wildman–Crippen LogP) is 0.152. The van der Waals surface area contributed by atoms with Crippen molar-refractivity contribution < 1.29 is 4.79 Å². The third-order valence-corrected chi connectivity index (χ3v) is 2.88. The standard InChI is InChI=1S/C6H5N5OS2/c7-1-13-5-3(2(8)4(9)12)11-6(10)14-5/h8H,(H2,9,12)(H2,10,11). The van der Waals surface area contributed by atoms with Crippen LogP contribution in [0.25, 0.3) is 0 Å². The van der Waals surface area contributed by atoms with Crippen LogP contribution in [0.15, 0.2) is 4.21 Å². The van der Waals surface area contributed by atoms with Crippen molar-refractivity contribution in [2.45, 2.75) is 4.21 Å². The zero-order valence-electron chi connectivity index (χ0n) is 6.77. The van der Waals surface area contributed by atoms with E-state index >= 15 is 0 Å². The van der Waals surface area contributed by atoms with Gasteiger partial charge in [-0.25, -0.2) is 4.98 Å². The molecule has 14 heavy (non-hydrogen) atoms. The molecular weight excluding hydrogens is 222 g/mol. The van der Waals surface area contributed by atoms with Crippen molar-refractivity contribution >= 4 is 39.8 Å². The predicted molar refractivity (Wildman–Crippen MR) is 54.0 cm³/mol. The van der Waals surface area contributed by atoms with E-state index in [9.17, 15) is 4.79 Å². The monoisotopic (exact) mass is 227 g/mol. The zero-order valence-corrected chi connectivity index (χ0v) is 8.41. The summed E-state index contributed by atoms with van der Waals surface area (Å²) in [6, 6.07) is 0. The summed E-state index contributed by atoms with van der Waals surface area (Å²) < 4.78 is 0.411. The minimum Gasteiger partial charge on any atom is -0.375 e. The van der Waals surface area contributed by atoms with Gasteiger partial charge in [0, 0.05) is 11.8 Å². The topological polar surface area (TPSA) is 130 Å². The molecule has 5 N–H and O–H groups in total. The number of thiocyanates is 1. The highest BCUT2D eigenvalue weighted by molar-refractivity contribution is 8.05. The molecule has 1 rings (SSSR count). The first-order chi connectivity index (χ1) is 6.56. The number of nitrogens with zero attached hydrogens (tertiary/aromatic N) is 2. The van der Waals surface area contributed by atoms with Crippen molar-refractivity contribution in [2.24, 2.45) is 5.73 Å². The Kier molecular flexibility index (Phi) is 3.06. The lowest BCUT2D eigenvalue weighted by Gasteiger charge is -1.94. The summed E-state index contributed by atoms with van der Waals surface area (Å²) in [6.07, 6.45) is 0. The van der Waals surface area contributed by atoms with Gasteiger partial charge in [-0.2, -0.15) is 5.26 Å². The molecule has 6 nitrogen and oxygen atoms in total. The van der Waals surface area contributed by atoms with Gasteiger partial charge in [-0.1, -0.05) is 11.3 Å². The lowest BCUT2D eigenvalue weighted by molar-refractivity contribution is -0.112. The molecule has 1 aromatic rings. The van der Waals surface area contributed by atoms with Crippen LogP contribution in [0.5, 0.6) is 0 Å². The molecule has 0 bridgehead atoms. The minimum absolute atomic E-state index is 0.0755. The zero-order chi connectivity index (χ0) is 10.7. The molecule has 8 heteroatoms. The molecule has 0 unspecified atom stereocenters. The van der Waals surface area contributed by atoms with Crippen molar-refractivity contribution in [3.05, 3.63) is 5.69 Å². The number of amides is 1. The normalized spacial score (nSPS) is 9.36. The highest BCUT2D eigenvalue weighted by Gasteiger charge is 2.18.